The van der Waals surface area contributed by atoms with Gasteiger partial charge in [0.2, 0.25) is 11.8 Å². The van der Waals surface area contributed by atoms with Crippen LogP contribution in [0.15, 0.2) is 48.9 Å². The maximum atomic E-state index is 12.0. The van der Waals surface area contributed by atoms with E-state index in [1.54, 1.807) is 42.7 Å². The van der Waals surface area contributed by atoms with Crippen LogP contribution in [0, 0.1) is 0 Å². The number of rotatable bonds is 4. The monoisotopic (exact) mass is 329 g/mol. The van der Waals surface area contributed by atoms with Gasteiger partial charge in [-0.2, -0.15) is 10.1 Å². The number of aromatic nitrogens is 4. The molecule has 0 bridgehead atoms. The number of anilines is 1. The number of hydrogen-bond acceptors (Lipinski definition) is 5. The highest BCUT2D eigenvalue weighted by Crippen LogP contribution is 2.21. The van der Waals surface area contributed by atoms with Crippen molar-refractivity contribution in [2.45, 2.75) is 6.42 Å². The van der Waals surface area contributed by atoms with Crippen molar-refractivity contribution in [3.63, 3.8) is 0 Å². The first kappa shape index (κ1) is 15.0. The van der Waals surface area contributed by atoms with Gasteiger partial charge in [-0.05, 0) is 17.7 Å². The minimum atomic E-state index is -0.335. The summed E-state index contributed by atoms with van der Waals surface area (Å²) in [4.78, 5) is 20.0. The lowest BCUT2D eigenvalue weighted by molar-refractivity contribution is -0.115. The zero-order chi connectivity index (χ0) is 16.2. The summed E-state index contributed by atoms with van der Waals surface area (Å²) in [6.07, 6.45) is 4.62. The van der Waals surface area contributed by atoms with Gasteiger partial charge in [-0.25, -0.2) is 9.67 Å². The van der Waals surface area contributed by atoms with Gasteiger partial charge in [0.25, 0.3) is 5.95 Å². The number of hydrogen-bond donors (Lipinski definition) is 2. The lowest BCUT2D eigenvalue weighted by Gasteiger charge is -2.08. The molecule has 1 aromatic carbocycles. The summed E-state index contributed by atoms with van der Waals surface area (Å²) in [6, 6.07) is 8.77. The minimum absolute atomic E-state index is 0.0834. The number of nitrogens with one attached hydrogen (secondary N) is 1. The van der Waals surface area contributed by atoms with E-state index in [1.807, 2.05) is 0 Å². The van der Waals surface area contributed by atoms with Gasteiger partial charge in [-0.3, -0.25) is 4.79 Å². The van der Waals surface area contributed by atoms with Crippen LogP contribution in [-0.2, 0) is 11.2 Å². The van der Waals surface area contributed by atoms with Crippen molar-refractivity contribution in [2.24, 2.45) is 0 Å². The summed E-state index contributed by atoms with van der Waals surface area (Å²) in [5, 5.41) is 17.0. The number of amides is 1. The topological polar surface area (TPSA) is 92.9 Å². The predicted molar refractivity (Wildman–Crippen MR) is 84.6 cm³/mol. The van der Waals surface area contributed by atoms with E-state index in [1.165, 1.54) is 10.9 Å². The van der Waals surface area contributed by atoms with Crippen LogP contribution >= 0.6 is 11.6 Å². The summed E-state index contributed by atoms with van der Waals surface area (Å²) < 4.78 is 1.40. The van der Waals surface area contributed by atoms with Crippen molar-refractivity contribution in [2.75, 3.05) is 5.32 Å². The summed E-state index contributed by atoms with van der Waals surface area (Å²) in [6.45, 7) is 0. The third-order valence-corrected chi connectivity index (χ3v) is 3.42. The first-order valence-electron chi connectivity index (χ1n) is 6.73. The number of aromatic hydroxyl groups is 1. The van der Waals surface area contributed by atoms with Crippen LogP contribution in [0.25, 0.3) is 5.95 Å². The highest BCUT2D eigenvalue weighted by atomic mass is 35.5. The second-order valence-electron chi connectivity index (χ2n) is 4.67. The molecule has 2 aromatic heterocycles. The zero-order valence-corrected chi connectivity index (χ0v) is 12.6. The van der Waals surface area contributed by atoms with E-state index in [4.69, 9.17) is 11.6 Å². The first-order valence-corrected chi connectivity index (χ1v) is 7.10. The van der Waals surface area contributed by atoms with Crippen molar-refractivity contribution in [3.8, 4) is 11.8 Å². The van der Waals surface area contributed by atoms with Gasteiger partial charge in [-0.1, -0.05) is 29.8 Å². The third kappa shape index (κ3) is 3.46. The molecule has 0 fully saturated rings. The average molecular weight is 330 g/mol. The summed E-state index contributed by atoms with van der Waals surface area (Å²) in [7, 11) is 0. The van der Waals surface area contributed by atoms with E-state index >= 15 is 0 Å². The van der Waals surface area contributed by atoms with Crippen molar-refractivity contribution >= 4 is 23.2 Å². The van der Waals surface area contributed by atoms with Crippen LogP contribution in [0.4, 0.5) is 5.69 Å². The number of benzene rings is 1. The highest BCUT2D eigenvalue weighted by Gasteiger charge is 2.12. The van der Waals surface area contributed by atoms with E-state index in [0.717, 1.165) is 0 Å². The molecule has 0 saturated carbocycles. The van der Waals surface area contributed by atoms with Gasteiger partial charge < -0.3 is 10.4 Å². The van der Waals surface area contributed by atoms with Crippen LogP contribution in [0.3, 0.4) is 0 Å². The first-order chi connectivity index (χ1) is 11.1. The Labute approximate surface area is 136 Å². The van der Waals surface area contributed by atoms with Crippen LogP contribution in [0.5, 0.6) is 5.88 Å². The molecule has 2 N–H and O–H groups in total. The standard InChI is InChI=1S/C15H12ClN5O2/c16-11-5-2-1-4-10(11)8-13(22)19-12-9-17-15(20-14(12)23)21-7-3-6-18-21/h1-7,9H,8H2,(H,19,22)(H,17,20,23). The van der Waals surface area contributed by atoms with Gasteiger partial charge in [0.05, 0.1) is 12.6 Å². The van der Waals surface area contributed by atoms with E-state index < -0.39 is 0 Å². The molecule has 0 unspecified atom stereocenters. The van der Waals surface area contributed by atoms with E-state index in [9.17, 15) is 9.90 Å². The molecular formula is C15H12ClN5O2. The molecule has 1 amide bonds. The van der Waals surface area contributed by atoms with E-state index in [2.05, 4.69) is 20.4 Å². The Hall–Kier alpha value is -2.93. The Balaban J connectivity index is 1.73. The van der Waals surface area contributed by atoms with Crippen LogP contribution in [0.2, 0.25) is 5.02 Å². The van der Waals surface area contributed by atoms with Gasteiger partial charge in [0.1, 0.15) is 5.69 Å². The molecule has 0 aliphatic rings. The molecule has 3 rings (SSSR count). The van der Waals surface area contributed by atoms with Gasteiger partial charge >= 0.3 is 0 Å². The number of carbonyl (C=O) groups excluding carboxylic acids is 1. The Morgan fingerprint density at radius 2 is 2.13 bits per heavy atom. The fourth-order valence-electron chi connectivity index (χ4n) is 1.96. The van der Waals surface area contributed by atoms with Crippen molar-refractivity contribution in [1.82, 2.24) is 19.7 Å². The minimum Gasteiger partial charge on any atom is -0.492 e. The van der Waals surface area contributed by atoms with Crippen LogP contribution in [-0.4, -0.2) is 30.8 Å². The summed E-state index contributed by atoms with van der Waals surface area (Å²) in [5.41, 5.74) is 0.818. The molecule has 23 heavy (non-hydrogen) atoms. The summed E-state index contributed by atoms with van der Waals surface area (Å²) in [5.74, 6) is -0.460. The number of carbonyl (C=O) groups is 1. The van der Waals surface area contributed by atoms with Gasteiger partial charge in [0, 0.05) is 17.4 Å². The second kappa shape index (κ2) is 6.45. The quantitative estimate of drug-likeness (QED) is 0.765. The van der Waals surface area contributed by atoms with Crippen molar-refractivity contribution < 1.29 is 9.90 Å². The lowest BCUT2D eigenvalue weighted by Crippen LogP contribution is -2.15. The predicted octanol–water partition coefficient (Wildman–Crippen LogP) is 2.20. The molecule has 0 radical (unpaired) electrons. The highest BCUT2D eigenvalue weighted by molar-refractivity contribution is 6.31. The van der Waals surface area contributed by atoms with E-state index in [-0.39, 0.29) is 29.8 Å². The number of halogens is 1. The molecule has 8 heteroatoms. The Kier molecular flexibility index (Phi) is 4.20. The SMILES string of the molecule is O=C(Cc1ccccc1Cl)Nc1cnc(-n2cccn2)nc1O. The molecule has 0 saturated heterocycles. The van der Waals surface area contributed by atoms with Gasteiger partial charge in [0.15, 0.2) is 0 Å². The Morgan fingerprint density at radius 3 is 2.83 bits per heavy atom. The largest absolute Gasteiger partial charge is 0.492 e. The maximum Gasteiger partial charge on any atom is 0.253 e. The van der Waals surface area contributed by atoms with Crippen LogP contribution in [0.1, 0.15) is 5.56 Å². The fraction of sp³-hybridized carbons (Fsp3) is 0.0667. The normalized spacial score (nSPS) is 10.5. The molecule has 0 atom stereocenters. The van der Waals surface area contributed by atoms with Crippen molar-refractivity contribution in [1.29, 1.82) is 0 Å². The Bertz CT molecular complexity index is 836. The molecule has 7 nitrogen and oxygen atoms in total. The second-order valence-corrected chi connectivity index (χ2v) is 5.08. The lowest BCUT2D eigenvalue weighted by atomic mass is 10.1. The fourth-order valence-corrected chi connectivity index (χ4v) is 2.16. The number of nitrogens with zero attached hydrogens (tertiary/aromatic N) is 4. The van der Waals surface area contributed by atoms with Gasteiger partial charge in [-0.15, -0.1) is 0 Å². The van der Waals surface area contributed by atoms with Crippen LogP contribution < -0.4 is 5.32 Å². The molecule has 2 heterocycles. The molecule has 116 valence electrons. The smallest absolute Gasteiger partial charge is 0.253 e. The Morgan fingerprint density at radius 1 is 1.30 bits per heavy atom. The average Bonchev–Trinajstić information content (AvgIpc) is 3.06. The molecule has 0 spiro atoms. The zero-order valence-electron chi connectivity index (χ0n) is 11.8. The summed E-state index contributed by atoms with van der Waals surface area (Å²) >= 11 is 6.02. The molecular weight excluding hydrogens is 318 g/mol. The maximum absolute atomic E-state index is 12.0. The molecule has 3 aromatic rings. The molecule has 0 aliphatic heterocycles. The molecule has 0 aliphatic carbocycles. The van der Waals surface area contributed by atoms with E-state index in [0.29, 0.717) is 10.6 Å². The third-order valence-electron chi connectivity index (χ3n) is 3.05. The van der Waals surface area contributed by atoms with Crippen molar-refractivity contribution in [3.05, 3.63) is 59.5 Å².